The molecule has 4 heteroatoms. The quantitative estimate of drug-likeness (QED) is 0.625. The van der Waals surface area contributed by atoms with E-state index >= 15 is 0 Å². The van der Waals surface area contributed by atoms with Crippen molar-refractivity contribution < 1.29 is 13.9 Å². The van der Waals surface area contributed by atoms with Gasteiger partial charge in [-0.1, -0.05) is 11.8 Å². The lowest BCUT2D eigenvalue weighted by Gasteiger charge is -2.12. The molecular weight excluding hydrogens is 267 g/mol. The Morgan fingerprint density at radius 2 is 2.32 bits per heavy atom. The number of alkyl halides is 1. The summed E-state index contributed by atoms with van der Waals surface area (Å²) in [6.45, 7) is 2.50. The molecule has 0 aliphatic carbocycles. The maximum atomic E-state index is 13.7. The fraction of sp³-hybridized carbons (Fsp3) is 0.467. The number of hydrogen-bond donors (Lipinski definition) is 0. The normalized spacial score (nSPS) is 21.8. The van der Waals surface area contributed by atoms with Crippen LogP contribution in [0.2, 0.25) is 0 Å². The molecule has 1 heterocycles. The highest BCUT2D eigenvalue weighted by Gasteiger charge is 2.22. The van der Waals surface area contributed by atoms with Crippen LogP contribution in [0.5, 0.6) is 5.75 Å². The van der Waals surface area contributed by atoms with Crippen molar-refractivity contribution in [2.45, 2.75) is 32.0 Å². The molecule has 0 saturated carbocycles. The van der Waals surface area contributed by atoms with Crippen LogP contribution in [0.15, 0.2) is 18.2 Å². The van der Waals surface area contributed by atoms with Crippen molar-refractivity contribution in [3.8, 4) is 17.6 Å². The number of hydrogen-bond acceptors (Lipinski definition) is 2. The lowest BCUT2D eigenvalue weighted by molar-refractivity contribution is 0.0264. The predicted molar refractivity (Wildman–Crippen MR) is 73.1 cm³/mol. The molecule has 1 aromatic carbocycles. The summed E-state index contributed by atoms with van der Waals surface area (Å²) in [5.41, 5.74) is 0.332. The fourth-order valence-electron chi connectivity index (χ4n) is 2.01. The molecular formula is C15H16ClFO2. The van der Waals surface area contributed by atoms with Crippen molar-refractivity contribution in [3.63, 3.8) is 0 Å². The molecule has 2 atom stereocenters. The van der Waals surface area contributed by atoms with Crippen molar-refractivity contribution in [3.05, 3.63) is 29.6 Å². The summed E-state index contributed by atoms with van der Waals surface area (Å²) in [5, 5.41) is 0. The van der Waals surface area contributed by atoms with E-state index in [1.54, 1.807) is 12.1 Å². The summed E-state index contributed by atoms with van der Waals surface area (Å²) in [6, 6.07) is 4.65. The van der Waals surface area contributed by atoms with Crippen LogP contribution >= 0.6 is 11.6 Å². The molecule has 19 heavy (non-hydrogen) atoms. The van der Waals surface area contributed by atoms with E-state index in [4.69, 9.17) is 21.1 Å². The minimum Gasteiger partial charge on any atom is -0.491 e. The first-order chi connectivity index (χ1) is 9.19. The lowest BCUT2D eigenvalue weighted by Crippen LogP contribution is -2.17. The van der Waals surface area contributed by atoms with Crippen molar-refractivity contribution in [2.24, 2.45) is 0 Å². The lowest BCUT2D eigenvalue weighted by atomic mass is 10.2. The number of rotatable bonds is 3. The molecule has 0 spiro atoms. The van der Waals surface area contributed by atoms with Gasteiger partial charge in [0, 0.05) is 6.07 Å². The Balaban J connectivity index is 1.92. The second-order valence-corrected chi connectivity index (χ2v) is 4.80. The van der Waals surface area contributed by atoms with Crippen LogP contribution in [0.3, 0.4) is 0 Å². The first-order valence-corrected chi connectivity index (χ1v) is 6.85. The van der Waals surface area contributed by atoms with Crippen molar-refractivity contribution in [1.29, 1.82) is 0 Å². The maximum Gasteiger partial charge on any atom is 0.142 e. The Morgan fingerprint density at radius 1 is 1.47 bits per heavy atom. The summed E-state index contributed by atoms with van der Waals surface area (Å²) < 4.78 is 24.9. The minimum atomic E-state index is -0.393. The topological polar surface area (TPSA) is 18.5 Å². The molecule has 102 valence electrons. The zero-order chi connectivity index (χ0) is 13.7. The number of benzene rings is 1. The van der Waals surface area contributed by atoms with Gasteiger partial charge in [0.2, 0.25) is 0 Å². The smallest absolute Gasteiger partial charge is 0.142 e. The van der Waals surface area contributed by atoms with Crippen molar-refractivity contribution >= 4 is 11.6 Å². The van der Waals surface area contributed by atoms with Gasteiger partial charge in [-0.2, -0.15) is 0 Å². The van der Waals surface area contributed by atoms with Gasteiger partial charge in [-0.15, -0.1) is 11.6 Å². The standard InChI is InChI=1S/C15H16ClFO2/c1-11-4-6-14(19-11)10-18-13-7-5-12(3-2-8-16)15(17)9-13/h5,7,9,11,14H,4,6,8,10H2,1H3. The fourth-order valence-corrected chi connectivity index (χ4v) is 2.08. The van der Waals surface area contributed by atoms with Gasteiger partial charge in [0.15, 0.2) is 0 Å². The molecule has 0 aromatic heterocycles. The highest BCUT2D eigenvalue weighted by molar-refractivity contribution is 6.19. The average molecular weight is 283 g/mol. The van der Waals surface area contributed by atoms with Crippen LogP contribution in [0.25, 0.3) is 0 Å². The van der Waals surface area contributed by atoms with Gasteiger partial charge in [0.05, 0.1) is 23.7 Å². The van der Waals surface area contributed by atoms with Gasteiger partial charge in [0.1, 0.15) is 18.2 Å². The molecule has 0 amide bonds. The Labute approximate surface area is 117 Å². The molecule has 1 aromatic rings. The predicted octanol–water partition coefficient (Wildman–Crippen LogP) is 3.36. The minimum absolute atomic E-state index is 0.105. The van der Waals surface area contributed by atoms with Gasteiger partial charge in [-0.25, -0.2) is 4.39 Å². The monoisotopic (exact) mass is 282 g/mol. The zero-order valence-corrected chi connectivity index (χ0v) is 11.5. The van der Waals surface area contributed by atoms with Crippen LogP contribution < -0.4 is 4.74 Å². The first kappa shape index (κ1) is 14.2. The van der Waals surface area contributed by atoms with E-state index in [9.17, 15) is 4.39 Å². The molecule has 2 nitrogen and oxygen atoms in total. The van der Waals surface area contributed by atoms with Gasteiger partial charge in [0.25, 0.3) is 0 Å². The third-order valence-corrected chi connectivity index (χ3v) is 3.12. The van der Waals surface area contributed by atoms with Gasteiger partial charge in [-0.05, 0) is 31.9 Å². The molecule has 1 aliphatic rings. The van der Waals surface area contributed by atoms with Crippen LogP contribution in [-0.2, 0) is 4.74 Å². The zero-order valence-electron chi connectivity index (χ0n) is 10.8. The molecule has 1 saturated heterocycles. The molecule has 0 N–H and O–H groups in total. The Kier molecular flexibility index (Phi) is 5.07. The molecule has 1 fully saturated rings. The van der Waals surface area contributed by atoms with Crippen LogP contribution in [0.4, 0.5) is 4.39 Å². The van der Waals surface area contributed by atoms with Gasteiger partial charge in [-0.3, -0.25) is 0 Å². The van der Waals surface area contributed by atoms with E-state index in [0.29, 0.717) is 24.0 Å². The summed E-state index contributed by atoms with van der Waals surface area (Å²) in [6.07, 6.45) is 2.44. The molecule has 1 aliphatic heterocycles. The maximum absolute atomic E-state index is 13.7. The van der Waals surface area contributed by atoms with E-state index in [2.05, 4.69) is 11.8 Å². The summed E-state index contributed by atoms with van der Waals surface area (Å²) in [5.74, 6) is 5.57. The highest BCUT2D eigenvalue weighted by Crippen LogP contribution is 2.21. The average Bonchev–Trinajstić information content (AvgIpc) is 2.81. The number of ether oxygens (including phenoxy) is 2. The summed E-state index contributed by atoms with van der Waals surface area (Å²) in [7, 11) is 0. The van der Waals surface area contributed by atoms with Gasteiger partial charge < -0.3 is 9.47 Å². The third-order valence-electron chi connectivity index (χ3n) is 2.99. The van der Waals surface area contributed by atoms with Crippen LogP contribution in [0.1, 0.15) is 25.3 Å². The van der Waals surface area contributed by atoms with Crippen LogP contribution in [-0.4, -0.2) is 24.7 Å². The Morgan fingerprint density at radius 3 is 2.95 bits per heavy atom. The largest absolute Gasteiger partial charge is 0.491 e. The van der Waals surface area contributed by atoms with E-state index < -0.39 is 5.82 Å². The van der Waals surface area contributed by atoms with E-state index in [0.717, 1.165) is 12.8 Å². The second-order valence-electron chi connectivity index (χ2n) is 4.53. The first-order valence-electron chi connectivity index (χ1n) is 6.31. The second kappa shape index (κ2) is 6.79. The van der Waals surface area contributed by atoms with Crippen LogP contribution in [0, 0.1) is 17.7 Å². The molecule has 2 rings (SSSR count). The van der Waals surface area contributed by atoms with Crippen molar-refractivity contribution in [2.75, 3.05) is 12.5 Å². The van der Waals surface area contributed by atoms with Crippen molar-refractivity contribution in [1.82, 2.24) is 0 Å². The Bertz CT molecular complexity index is 493. The molecule has 0 bridgehead atoms. The van der Waals surface area contributed by atoms with E-state index in [1.807, 2.05) is 6.92 Å². The van der Waals surface area contributed by atoms with E-state index in [1.165, 1.54) is 6.07 Å². The van der Waals surface area contributed by atoms with Gasteiger partial charge >= 0.3 is 0 Å². The Hall–Kier alpha value is -1.24. The summed E-state index contributed by atoms with van der Waals surface area (Å²) >= 11 is 5.43. The summed E-state index contributed by atoms with van der Waals surface area (Å²) in [4.78, 5) is 0. The molecule has 2 unspecified atom stereocenters. The highest BCUT2D eigenvalue weighted by atomic mass is 35.5. The molecule has 0 radical (unpaired) electrons. The third kappa shape index (κ3) is 4.12. The van der Waals surface area contributed by atoms with E-state index in [-0.39, 0.29) is 12.0 Å². The SMILES string of the molecule is CC1CCC(COc2ccc(C#CCCl)c(F)c2)O1. The number of halogens is 2.